The highest BCUT2D eigenvalue weighted by Crippen LogP contribution is 2.19. The first-order chi connectivity index (χ1) is 7.29. The van der Waals surface area contributed by atoms with E-state index >= 15 is 0 Å². The van der Waals surface area contributed by atoms with Gasteiger partial charge in [-0.3, -0.25) is 9.69 Å². The van der Waals surface area contributed by atoms with E-state index in [9.17, 15) is 4.79 Å². The van der Waals surface area contributed by atoms with Crippen LogP contribution >= 0.6 is 0 Å². The monoisotopic (exact) mass is 207 g/mol. The van der Waals surface area contributed by atoms with Crippen molar-refractivity contribution in [1.29, 1.82) is 0 Å². The summed E-state index contributed by atoms with van der Waals surface area (Å²) in [5.41, 5.74) is 0. The third-order valence-electron chi connectivity index (χ3n) is 3.10. The zero-order chi connectivity index (χ0) is 10.7. The zero-order valence-corrected chi connectivity index (χ0v) is 9.11. The van der Waals surface area contributed by atoms with E-state index in [-0.39, 0.29) is 0 Å². The second kappa shape index (κ2) is 4.62. The molecule has 1 aliphatic rings. The molecule has 1 aromatic rings. The maximum atomic E-state index is 10.5. The molecule has 2 heterocycles. The Kier molecular flexibility index (Phi) is 3.21. The van der Waals surface area contributed by atoms with Crippen molar-refractivity contribution in [3.63, 3.8) is 0 Å². The number of carbonyl (C=O) groups is 1. The fraction of sp³-hybridized carbons (Fsp3) is 0.583. The SMILES string of the molecule is CC1CCCCN1Cc1ccc(C=O)o1. The molecule has 0 amide bonds. The van der Waals surface area contributed by atoms with Crippen LogP contribution in [-0.4, -0.2) is 23.8 Å². The molecular weight excluding hydrogens is 190 g/mol. The van der Waals surface area contributed by atoms with E-state index in [0.29, 0.717) is 11.8 Å². The molecule has 1 aromatic heterocycles. The summed E-state index contributed by atoms with van der Waals surface area (Å²) in [7, 11) is 0. The van der Waals surface area contributed by atoms with Crippen molar-refractivity contribution in [3.05, 3.63) is 23.7 Å². The Morgan fingerprint density at radius 3 is 3.07 bits per heavy atom. The van der Waals surface area contributed by atoms with Gasteiger partial charge in [0.2, 0.25) is 0 Å². The molecule has 1 aliphatic heterocycles. The van der Waals surface area contributed by atoms with Crippen LogP contribution in [-0.2, 0) is 6.54 Å². The summed E-state index contributed by atoms with van der Waals surface area (Å²) < 4.78 is 5.37. The zero-order valence-electron chi connectivity index (χ0n) is 9.11. The van der Waals surface area contributed by atoms with Gasteiger partial charge in [0.1, 0.15) is 5.76 Å². The summed E-state index contributed by atoms with van der Waals surface area (Å²) in [6.07, 6.45) is 4.62. The third-order valence-corrected chi connectivity index (χ3v) is 3.10. The van der Waals surface area contributed by atoms with Crippen LogP contribution in [0.3, 0.4) is 0 Å². The fourth-order valence-corrected chi connectivity index (χ4v) is 2.14. The smallest absolute Gasteiger partial charge is 0.185 e. The van der Waals surface area contributed by atoms with E-state index in [1.165, 1.54) is 19.3 Å². The Hall–Kier alpha value is -1.09. The van der Waals surface area contributed by atoms with Gasteiger partial charge in [-0.25, -0.2) is 0 Å². The first-order valence-corrected chi connectivity index (χ1v) is 5.57. The molecule has 3 heteroatoms. The molecule has 1 fully saturated rings. The number of piperidine rings is 1. The Bertz CT molecular complexity index is 332. The Morgan fingerprint density at radius 2 is 2.40 bits per heavy atom. The van der Waals surface area contributed by atoms with Gasteiger partial charge >= 0.3 is 0 Å². The summed E-state index contributed by atoms with van der Waals surface area (Å²) in [5.74, 6) is 1.32. The topological polar surface area (TPSA) is 33.5 Å². The molecule has 1 atom stereocenters. The van der Waals surface area contributed by atoms with Gasteiger partial charge in [-0.05, 0) is 38.4 Å². The predicted octanol–water partition coefficient (Wildman–Crippen LogP) is 2.47. The van der Waals surface area contributed by atoms with Gasteiger partial charge in [-0.1, -0.05) is 6.42 Å². The van der Waals surface area contributed by atoms with E-state index in [1.54, 1.807) is 6.07 Å². The normalized spacial score (nSPS) is 22.9. The number of hydrogen-bond acceptors (Lipinski definition) is 3. The van der Waals surface area contributed by atoms with Gasteiger partial charge in [0.15, 0.2) is 12.0 Å². The minimum Gasteiger partial charge on any atom is -0.457 e. The summed E-state index contributed by atoms with van der Waals surface area (Å²) in [4.78, 5) is 12.9. The maximum absolute atomic E-state index is 10.5. The summed E-state index contributed by atoms with van der Waals surface area (Å²) in [5, 5.41) is 0. The molecule has 3 nitrogen and oxygen atoms in total. The molecule has 82 valence electrons. The number of nitrogens with zero attached hydrogens (tertiary/aromatic N) is 1. The van der Waals surface area contributed by atoms with Gasteiger partial charge < -0.3 is 4.42 Å². The Balaban J connectivity index is 1.97. The lowest BCUT2D eigenvalue weighted by Gasteiger charge is -2.32. The largest absolute Gasteiger partial charge is 0.457 e. The number of hydrogen-bond donors (Lipinski definition) is 0. The van der Waals surface area contributed by atoms with E-state index in [2.05, 4.69) is 11.8 Å². The minimum absolute atomic E-state index is 0.426. The third kappa shape index (κ3) is 2.48. The summed E-state index contributed by atoms with van der Waals surface area (Å²) in [6, 6.07) is 4.26. The second-order valence-electron chi connectivity index (χ2n) is 4.24. The molecule has 0 aliphatic carbocycles. The van der Waals surface area contributed by atoms with Crippen molar-refractivity contribution < 1.29 is 9.21 Å². The molecule has 15 heavy (non-hydrogen) atoms. The lowest BCUT2D eigenvalue weighted by atomic mass is 10.0. The van der Waals surface area contributed by atoms with Crippen molar-refractivity contribution in [1.82, 2.24) is 4.90 Å². The molecule has 0 saturated carbocycles. The van der Waals surface area contributed by atoms with Crippen LogP contribution in [0, 0.1) is 0 Å². The van der Waals surface area contributed by atoms with Gasteiger partial charge in [-0.2, -0.15) is 0 Å². The first-order valence-electron chi connectivity index (χ1n) is 5.57. The molecular formula is C12H17NO2. The molecule has 0 radical (unpaired) electrons. The van der Waals surface area contributed by atoms with Crippen molar-refractivity contribution in [2.45, 2.75) is 38.8 Å². The number of aldehydes is 1. The van der Waals surface area contributed by atoms with E-state index in [0.717, 1.165) is 25.1 Å². The van der Waals surface area contributed by atoms with Crippen LogP contribution < -0.4 is 0 Å². The van der Waals surface area contributed by atoms with Crippen molar-refractivity contribution in [2.24, 2.45) is 0 Å². The highest BCUT2D eigenvalue weighted by Gasteiger charge is 2.19. The molecule has 1 unspecified atom stereocenters. The quantitative estimate of drug-likeness (QED) is 0.714. The molecule has 0 aromatic carbocycles. The summed E-state index contributed by atoms with van der Waals surface area (Å²) in [6.45, 7) is 4.22. The van der Waals surface area contributed by atoms with Crippen molar-refractivity contribution in [3.8, 4) is 0 Å². The van der Waals surface area contributed by atoms with Crippen molar-refractivity contribution >= 4 is 6.29 Å². The van der Waals surface area contributed by atoms with Gasteiger partial charge in [0.25, 0.3) is 0 Å². The Labute approximate surface area is 90.1 Å². The minimum atomic E-state index is 0.426. The molecule has 1 saturated heterocycles. The number of furan rings is 1. The number of likely N-dealkylation sites (tertiary alicyclic amines) is 1. The Morgan fingerprint density at radius 1 is 1.53 bits per heavy atom. The van der Waals surface area contributed by atoms with Gasteiger partial charge in [0.05, 0.1) is 6.54 Å². The van der Waals surface area contributed by atoms with Gasteiger partial charge in [-0.15, -0.1) is 0 Å². The van der Waals surface area contributed by atoms with E-state index in [4.69, 9.17) is 4.42 Å². The fourth-order valence-electron chi connectivity index (χ4n) is 2.14. The number of carbonyl (C=O) groups excluding carboxylic acids is 1. The predicted molar refractivity (Wildman–Crippen MR) is 57.8 cm³/mol. The number of rotatable bonds is 3. The maximum Gasteiger partial charge on any atom is 0.185 e. The highest BCUT2D eigenvalue weighted by atomic mass is 16.3. The molecule has 0 N–H and O–H groups in total. The summed E-state index contributed by atoms with van der Waals surface area (Å²) >= 11 is 0. The van der Waals surface area contributed by atoms with E-state index in [1.807, 2.05) is 6.07 Å². The van der Waals surface area contributed by atoms with Crippen LogP contribution in [0.4, 0.5) is 0 Å². The van der Waals surface area contributed by atoms with Crippen LogP contribution in [0.15, 0.2) is 16.5 Å². The van der Waals surface area contributed by atoms with Crippen LogP contribution in [0.25, 0.3) is 0 Å². The van der Waals surface area contributed by atoms with Crippen LogP contribution in [0.2, 0.25) is 0 Å². The van der Waals surface area contributed by atoms with Crippen LogP contribution in [0.1, 0.15) is 42.5 Å². The van der Waals surface area contributed by atoms with E-state index < -0.39 is 0 Å². The second-order valence-corrected chi connectivity index (χ2v) is 4.24. The lowest BCUT2D eigenvalue weighted by Crippen LogP contribution is -2.36. The van der Waals surface area contributed by atoms with Gasteiger partial charge in [0, 0.05) is 6.04 Å². The average molecular weight is 207 g/mol. The molecule has 0 spiro atoms. The highest BCUT2D eigenvalue weighted by molar-refractivity contribution is 5.70. The standard InChI is InChI=1S/C12H17NO2/c1-10-4-2-3-7-13(10)8-11-5-6-12(9-14)15-11/h5-6,9-10H,2-4,7-8H2,1H3. The first kappa shape index (κ1) is 10.4. The molecule has 0 bridgehead atoms. The average Bonchev–Trinajstić information content (AvgIpc) is 2.69. The lowest BCUT2D eigenvalue weighted by molar-refractivity contribution is 0.109. The van der Waals surface area contributed by atoms with Crippen LogP contribution in [0.5, 0.6) is 0 Å². The van der Waals surface area contributed by atoms with Crippen molar-refractivity contribution in [2.75, 3.05) is 6.54 Å². The molecule has 2 rings (SSSR count).